The summed E-state index contributed by atoms with van der Waals surface area (Å²) in [5.41, 5.74) is -3.85. The number of alkyl halides is 3. The van der Waals surface area contributed by atoms with Crippen LogP contribution in [0.2, 0.25) is 0 Å². The average molecular weight is 254 g/mol. The van der Waals surface area contributed by atoms with Crippen molar-refractivity contribution in [2.24, 2.45) is 0 Å². The van der Waals surface area contributed by atoms with Crippen LogP contribution in [0.5, 0.6) is 6.01 Å². The van der Waals surface area contributed by atoms with Gasteiger partial charge in [0.2, 0.25) is 11.9 Å². The Kier molecular flexibility index (Phi) is 3.99. The van der Waals surface area contributed by atoms with Gasteiger partial charge in [-0.05, 0) is 6.92 Å². The van der Waals surface area contributed by atoms with Gasteiger partial charge in [0.1, 0.15) is 0 Å². The third-order valence-corrected chi connectivity index (χ3v) is 1.46. The van der Waals surface area contributed by atoms with Gasteiger partial charge in [0.25, 0.3) is 0 Å². The lowest BCUT2D eigenvalue weighted by molar-refractivity contribution is -0.102. The summed E-state index contributed by atoms with van der Waals surface area (Å²) in [5.74, 6) is 0.222. The third-order valence-electron chi connectivity index (χ3n) is 1.38. The van der Waals surface area contributed by atoms with Crippen LogP contribution in [0.4, 0.5) is 20.7 Å². The van der Waals surface area contributed by atoms with Gasteiger partial charge in [0.15, 0.2) is 0 Å². The summed E-state index contributed by atoms with van der Waals surface area (Å²) in [6, 6.07) is -0.560. The Hall–Kier alpha value is -1.44. The summed E-state index contributed by atoms with van der Waals surface area (Å²) in [7, 11) is 1.54. The molecule has 0 aliphatic heterocycles. The van der Waals surface area contributed by atoms with Gasteiger partial charge in [0.05, 0.1) is 0 Å². The normalized spacial score (nSPS) is 11.1. The molecule has 0 radical (unpaired) electrons. The van der Waals surface area contributed by atoms with Crippen LogP contribution in [0, 0.1) is 0 Å². The number of rotatable bonds is 5. The van der Waals surface area contributed by atoms with E-state index in [-0.39, 0.29) is 11.9 Å². The topological polar surface area (TPSA) is 72.0 Å². The molecule has 0 aromatic carbocycles. The first-order chi connectivity index (χ1) is 7.44. The van der Waals surface area contributed by atoms with E-state index in [2.05, 4.69) is 41.9 Å². The molecule has 90 valence electrons. The smallest absolute Gasteiger partial charge is 0.385 e. The number of aromatic nitrogens is 3. The summed E-state index contributed by atoms with van der Waals surface area (Å²) < 4.78 is 28.7. The molecule has 2 N–H and O–H groups in total. The summed E-state index contributed by atoms with van der Waals surface area (Å²) in [5, 5.41) is 5.32. The molecule has 0 aliphatic carbocycles. The van der Waals surface area contributed by atoms with Gasteiger partial charge in [0, 0.05) is 25.2 Å². The van der Waals surface area contributed by atoms with Crippen molar-refractivity contribution in [1.29, 1.82) is 0 Å². The maximum Gasteiger partial charge on any atom is 0.489 e. The molecule has 0 amide bonds. The standard InChI is InChI=1S/C7H10ClF2N5O/c1-3-12-5-13-4(11-2)14-6(15-5)16-7(8,9)10/h3H2,1-2H3,(H2,11,12,13,14,15). The molecule has 9 heteroatoms. The zero-order valence-corrected chi connectivity index (χ0v) is 9.35. The van der Waals surface area contributed by atoms with Crippen LogP contribution in [-0.4, -0.2) is 34.1 Å². The molecule has 0 saturated heterocycles. The van der Waals surface area contributed by atoms with Crippen molar-refractivity contribution >= 4 is 23.5 Å². The van der Waals surface area contributed by atoms with Crippen molar-refractivity contribution in [2.75, 3.05) is 24.2 Å². The van der Waals surface area contributed by atoms with E-state index in [0.717, 1.165) is 0 Å². The fourth-order valence-corrected chi connectivity index (χ4v) is 0.924. The van der Waals surface area contributed by atoms with Crippen LogP contribution in [0.1, 0.15) is 6.92 Å². The molecule has 16 heavy (non-hydrogen) atoms. The van der Waals surface area contributed by atoms with Gasteiger partial charge in [-0.1, -0.05) is 0 Å². The Morgan fingerprint density at radius 3 is 2.44 bits per heavy atom. The van der Waals surface area contributed by atoms with E-state index in [4.69, 9.17) is 0 Å². The molecule has 0 bridgehead atoms. The van der Waals surface area contributed by atoms with Gasteiger partial charge in [-0.3, -0.25) is 0 Å². The highest BCUT2D eigenvalue weighted by Gasteiger charge is 2.29. The lowest BCUT2D eigenvalue weighted by Crippen LogP contribution is -2.19. The molecule has 0 fully saturated rings. The van der Waals surface area contributed by atoms with Gasteiger partial charge in [-0.2, -0.15) is 15.0 Å². The van der Waals surface area contributed by atoms with Crippen LogP contribution in [0.3, 0.4) is 0 Å². The Morgan fingerprint density at radius 1 is 1.31 bits per heavy atom. The molecule has 0 aliphatic rings. The molecule has 0 unspecified atom stereocenters. The van der Waals surface area contributed by atoms with E-state index < -0.39 is 11.6 Å². The van der Waals surface area contributed by atoms with Crippen molar-refractivity contribution in [3.8, 4) is 6.01 Å². The molecule has 1 rings (SSSR count). The molecular formula is C7H10ClF2N5O. The Balaban J connectivity index is 2.95. The highest BCUT2D eigenvalue weighted by atomic mass is 35.5. The van der Waals surface area contributed by atoms with Gasteiger partial charge >= 0.3 is 11.6 Å². The van der Waals surface area contributed by atoms with Gasteiger partial charge < -0.3 is 15.4 Å². The van der Waals surface area contributed by atoms with Crippen LogP contribution >= 0.6 is 11.6 Å². The van der Waals surface area contributed by atoms with E-state index in [9.17, 15) is 8.78 Å². The number of hydrogen-bond donors (Lipinski definition) is 2. The number of anilines is 2. The predicted octanol–water partition coefficient (Wildman–Crippen LogP) is 1.51. The maximum absolute atomic E-state index is 12.4. The molecule has 1 heterocycles. The monoisotopic (exact) mass is 253 g/mol. The molecule has 1 aromatic rings. The number of hydrogen-bond acceptors (Lipinski definition) is 6. The van der Waals surface area contributed by atoms with Crippen molar-refractivity contribution in [3.05, 3.63) is 0 Å². The van der Waals surface area contributed by atoms with Crippen molar-refractivity contribution in [3.63, 3.8) is 0 Å². The van der Waals surface area contributed by atoms with E-state index in [1.807, 2.05) is 0 Å². The third kappa shape index (κ3) is 3.97. The minimum Gasteiger partial charge on any atom is -0.385 e. The number of ether oxygens (including phenoxy) is 1. The zero-order valence-electron chi connectivity index (χ0n) is 8.59. The van der Waals surface area contributed by atoms with Crippen molar-refractivity contribution in [2.45, 2.75) is 12.5 Å². The minimum absolute atomic E-state index is 0.0990. The quantitative estimate of drug-likeness (QED) is 0.775. The van der Waals surface area contributed by atoms with Crippen LogP contribution in [-0.2, 0) is 0 Å². The van der Waals surface area contributed by atoms with Crippen LogP contribution < -0.4 is 15.4 Å². The lowest BCUT2D eigenvalue weighted by atomic mass is 10.7. The SMILES string of the molecule is CCNc1nc(NC)nc(OC(F)(F)Cl)n1. The fraction of sp³-hybridized carbons (Fsp3) is 0.571. The zero-order chi connectivity index (χ0) is 12.2. The fourth-order valence-electron chi connectivity index (χ4n) is 0.855. The Morgan fingerprint density at radius 2 is 1.94 bits per heavy atom. The second-order valence-corrected chi connectivity index (χ2v) is 3.03. The number of halogens is 3. The van der Waals surface area contributed by atoms with Crippen molar-refractivity contribution in [1.82, 2.24) is 15.0 Å². The second kappa shape index (κ2) is 5.06. The molecule has 0 atom stereocenters. The number of nitrogens with zero attached hydrogens (tertiary/aromatic N) is 3. The molecule has 1 aromatic heterocycles. The molecule has 0 saturated carbocycles. The van der Waals surface area contributed by atoms with Gasteiger partial charge in [-0.25, -0.2) is 0 Å². The largest absolute Gasteiger partial charge is 0.489 e. The van der Waals surface area contributed by atoms with Crippen molar-refractivity contribution < 1.29 is 13.5 Å². The van der Waals surface area contributed by atoms with E-state index in [1.54, 1.807) is 6.92 Å². The number of nitrogens with one attached hydrogen (secondary N) is 2. The lowest BCUT2D eigenvalue weighted by Gasteiger charge is -2.10. The van der Waals surface area contributed by atoms with E-state index in [1.165, 1.54) is 7.05 Å². The van der Waals surface area contributed by atoms with E-state index >= 15 is 0 Å². The highest BCUT2D eigenvalue weighted by molar-refractivity contribution is 6.20. The first kappa shape index (κ1) is 12.6. The molecule has 0 spiro atoms. The first-order valence-corrected chi connectivity index (χ1v) is 4.76. The predicted molar refractivity (Wildman–Crippen MR) is 55.0 cm³/mol. The summed E-state index contributed by atoms with van der Waals surface area (Å²) >= 11 is 4.60. The maximum atomic E-state index is 12.4. The molecular weight excluding hydrogens is 244 g/mol. The summed E-state index contributed by atoms with van der Waals surface area (Å²) in [4.78, 5) is 11.0. The summed E-state index contributed by atoms with van der Waals surface area (Å²) in [6.07, 6.45) is 0. The van der Waals surface area contributed by atoms with Crippen LogP contribution in [0.25, 0.3) is 0 Å². The first-order valence-electron chi connectivity index (χ1n) is 4.38. The minimum atomic E-state index is -3.85. The average Bonchev–Trinajstić information content (AvgIpc) is 2.15. The second-order valence-electron chi connectivity index (χ2n) is 2.59. The summed E-state index contributed by atoms with van der Waals surface area (Å²) in [6.45, 7) is 2.34. The molecule has 6 nitrogen and oxygen atoms in total. The highest BCUT2D eigenvalue weighted by Crippen LogP contribution is 2.23. The van der Waals surface area contributed by atoms with Crippen LogP contribution in [0.15, 0.2) is 0 Å². The Bertz CT molecular complexity index is 359. The Labute approximate surface area is 95.4 Å². The van der Waals surface area contributed by atoms with Gasteiger partial charge in [-0.15, -0.1) is 8.78 Å². The van der Waals surface area contributed by atoms with E-state index in [0.29, 0.717) is 6.54 Å².